The lowest BCUT2D eigenvalue weighted by Crippen LogP contribution is -2.38. The van der Waals surface area contributed by atoms with Crippen LogP contribution >= 0.6 is 11.3 Å². The van der Waals surface area contributed by atoms with Crippen LogP contribution < -0.4 is 5.73 Å². The Bertz CT molecular complexity index is 335. The highest BCUT2D eigenvalue weighted by atomic mass is 32.1. The quantitative estimate of drug-likeness (QED) is 0.896. The van der Waals surface area contributed by atoms with Gasteiger partial charge in [-0.15, -0.1) is 11.3 Å². The monoisotopic (exact) mass is 253 g/mol. The van der Waals surface area contributed by atoms with Crippen LogP contribution in [-0.4, -0.2) is 28.6 Å². The Kier molecular flexibility index (Phi) is 4.15. The first kappa shape index (κ1) is 13.2. The number of nitrogens with two attached hydrogens (primary N) is 1. The summed E-state index contributed by atoms with van der Waals surface area (Å²) in [6.07, 6.45) is -2.66. The number of thiazole rings is 1. The summed E-state index contributed by atoms with van der Waals surface area (Å²) >= 11 is 1.22. The smallest absolute Gasteiger partial charge is 0.375 e. The van der Waals surface area contributed by atoms with Crippen LogP contribution in [0.15, 0.2) is 6.20 Å². The first-order chi connectivity index (χ1) is 7.28. The van der Waals surface area contributed by atoms with E-state index in [-0.39, 0.29) is 12.6 Å². The molecule has 1 aromatic heterocycles. The van der Waals surface area contributed by atoms with E-state index in [1.165, 1.54) is 22.4 Å². The topological polar surface area (TPSA) is 42.2 Å². The molecule has 0 aliphatic heterocycles. The summed E-state index contributed by atoms with van der Waals surface area (Å²) in [5.41, 5.74) is 5.42. The Hall–Kier alpha value is -0.820. The zero-order chi connectivity index (χ0) is 12.3. The van der Waals surface area contributed by atoms with Gasteiger partial charge in [-0.25, -0.2) is 4.98 Å². The molecule has 0 unspecified atom stereocenters. The molecule has 0 saturated heterocycles. The summed E-state index contributed by atoms with van der Waals surface area (Å²) in [5.74, 6) is 0. The SMILES string of the molecule is CC(C)N(Cc1cnc(N)s1)CC(F)(F)F. The number of halogens is 3. The average molecular weight is 253 g/mol. The van der Waals surface area contributed by atoms with Crippen LogP contribution in [0.5, 0.6) is 0 Å². The van der Waals surface area contributed by atoms with Crippen molar-refractivity contribution in [1.82, 2.24) is 9.88 Å². The third kappa shape index (κ3) is 4.36. The molecule has 2 N–H and O–H groups in total. The summed E-state index contributed by atoms with van der Waals surface area (Å²) in [4.78, 5) is 5.90. The molecule has 0 spiro atoms. The van der Waals surface area contributed by atoms with E-state index < -0.39 is 12.7 Å². The van der Waals surface area contributed by atoms with Gasteiger partial charge in [0.2, 0.25) is 0 Å². The summed E-state index contributed by atoms with van der Waals surface area (Å²) < 4.78 is 36.9. The minimum absolute atomic E-state index is 0.176. The maximum absolute atomic E-state index is 12.3. The Morgan fingerprint density at radius 2 is 2.12 bits per heavy atom. The first-order valence-corrected chi connectivity index (χ1v) is 5.60. The van der Waals surface area contributed by atoms with E-state index in [4.69, 9.17) is 5.73 Å². The number of nitrogen functional groups attached to an aromatic ring is 1. The Balaban J connectivity index is 2.65. The van der Waals surface area contributed by atoms with E-state index in [1.807, 2.05) is 0 Å². The van der Waals surface area contributed by atoms with Gasteiger partial charge in [0.25, 0.3) is 0 Å². The average Bonchev–Trinajstić information content (AvgIpc) is 2.47. The van der Waals surface area contributed by atoms with Crippen LogP contribution in [0.25, 0.3) is 0 Å². The molecule has 7 heteroatoms. The number of alkyl halides is 3. The molecule has 0 aliphatic rings. The fraction of sp³-hybridized carbons (Fsp3) is 0.667. The lowest BCUT2D eigenvalue weighted by molar-refractivity contribution is -0.150. The summed E-state index contributed by atoms with van der Waals surface area (Å²) in [6, 6.07) is -0.176. The van der Waals surface area contributed by atoms with E-state index in [9.17, 15) is 13.2 Å². The van der Waals surface area contributed by atoms with Gasteiger partial charge in [-0.3, -0.25) is 4.90 Å². The predicted molar refractivity (Wildman–Crippen MR) is 58.1 cm³/mol. The third-order valence-electron chi connectivity index (χ3n) is 2.04. The molecule has 16 heavy (non-hydrogen) atoms. The van der Waals surface area contributed by atoms with E-state index in [1.54, 1.807) is 13.8 Å². The molecule has 3 nitrogen and oxygen atoms in total. The highest BCUT2D eigenvalue weighted by molar-refractivity contribution is 7.15. The lowest BCUT2D eigenvalue weighted by atomic mass is 10.3. The largest absolute Gasteiger partial charge is 0.401 e. The van der Waals surface area contributed by atoms with E-state index >= 15 is 0 Å². The van der Waals surface area contributed by atoms with Crippen LogP contribution in [0.1, 0.15) is 18.7 Å². The predicted octanol–water partition coefficient (Wildman–Crippen LogP) is 2.50. The zero-order valence-corrected chi connectivity index (χ0v) is 9.90. The second-order valence-electron chi connectivity index (χ2n) is 3.78. The minimum atomic E-state index is -4.18. The molecule has 0 bridgehead atoms. The zero-order valence-electron chi connectivity index (χ0n) is 9.08. The standard InChI is InChI=1S/C9H14F3N3S/c1-6(2)15(5-9(10,11)12)4-7-3-14-8(13)16-7/h3,6H,4-5H2,1-2H3,(H2,13,14). The molecule has 0 amide bonds. The summed E-state index contributed by atoms with van der Waals surface area (Å²) in [7, 11) is 0. The first-order valence-electron chi connectivity index (χ1n) is 4.79. The second kappa shape index (κ2) is 5.01. The molecular weight excluding hydrogens is 239 g/mol. The molecule has 1 rings (SSSR count). The maximum atomic E-state index is 12.3. The van der Waals surface area contributed by atoms with Gasteiger partial charge in [-0.1, -0.05) is 0 Å². The lowest BCUT2D eigenvalue weighted by Gasteiger charge is -2.26. The van der Waals surface area contributed by atoms with E-state index in [0.29, 0.717) is 5.13 Å². The molecule has 1 aromatic rings. The molecule has 0 aromatic carbocycles. The minimum Gasteiger partial charge on any atom is -0.375 e. The van der Waals surface area contributed by atoms with Gasteiger partial charge >= 0.3 is 6.18 Å². The molecule has 0 fully saturated rings. The summed E-state index contributed by atoms with van der Waals surface area (Å²) in [6.45, 7) is 2.78. The normalized spacial score (nSPS) is 12.7. The van der Waals surface area contributed by atoms with Crippen molar-refractivity contribution in [3.05, 3.63) is 11.1 Å². The number of nitrogens with zero attached hydrogens (tertiary/aromatic N) is 2. The molecule has 0 atom stereocenters. The van der Waals surface area contributed by atoms with Crippen molar-refractivity contribution >= 4 is 16.5 Å². The Labute approximate surface area is 96.1 Å². The van der Waals surface area contributed by atoms with Crippen LogP contribution in [-0.2, 0) is 6.54 Å². The highest BCUT2D eigenvalue weighted by Gasteiger charge is 2.31. The second-order valence-corrected chi connectivity index (χ2v) is 4.93. The molecule has 0 radical (unpaired) electrons. The van der Waals surface area contributed by atoms with Gasteiger partial charge in [0, 0.05) is 23.7 Å². The van der Waals surface area contributed by atoms with Gasteiger partial charge in [-0.2, -0.15) is 13.2 Å². The number of anilines is 1. The van der Waals surface area contributed by atoms with E-state index in [2.05, 4.69) is 4.98 Å². The van der Waals surface area contributed by atoms with Gasteiger partial charge in [-0.05, 0) is 13.8 Å². The highest BCUT2D eigenvalue weighted by Crippen LogP contribution is 2.22. The molecule has 1 heterocycles. The fourth-order valence-electron chi connectivity index (χ4n) is 1.25. The molecule has 0 saturated carbocycles. The number of aromatic nitrogens is 1. The van der Waals surface area contributed by atoms with Gasteiger partial charge in [0.05, 0.1) is 6.54 Å². The van der Waals surface area contributed by atoms with Crippen molar-refractivity contribution < 1.29 is 13.2 Å². The van der Waals surface area contributed by atoms with Gasteiger partial charge in [0.1, 0.15) is 0 Å². The maximum Gasteiger partial charge on any atom is 0.401 e. The van der Waals surface area contributed by atoms with Gasteiger partial charge < -0.3 is 5.73 Å². The van der Waals surface area contributed by atoms with Crippen LogP contribution in [0.4, 0.5) is 18.3 Å². The number of hydrogen-bond donors (Lipinski definition) is 1. The Morgan fingerprint density at radius 1 is 1.50 bits per heavy atom. The van der Waals surface area contributed by atoms with Crippen molar-refractivity contribution in [2.75, 3.05) is 12.3 Å². The van der Waals surface area contributed by atoms with Crippen molar-refractivity contribution in [1.29, 1.82) is 0 Å². The van der Waals surface area contributed by atoms with Crippen LogP contribution in [0, 0.1) is 0 Å². The Morgan fingerprint density at radius 3 is 2.50 bits per heavy atom. The van der Waals surface area contributed by atoms with E-state index in [0.717, 1.165) is 4.88 Å². The molecule has 0 aliphatic carbocycles. The van der Waals surface area contributed by atoms with Crippen LogP contribution in [0.2, 0.25) is 0 Å². The fourth-order valence-corrected chi connectivity index (χ4v) is 1.96. The number of rotatable bonds is 4. The van der Waals surface area contributed by atoms with Crippen molar-refractivity contribution in [3.63, 3.8) is 0 Å². The van der Waals surface area contributed by atoms with Crippen molar-refractivity contribution in [2.45, 2.75) is 32.6 Å². The van der Waals surface area contributed by atoms with Crippen molar-refractivity contribution in [2.24, 2.45) is 0 Å². The van der Waals surface area contributed by atoms with Crippen molar-refractivity contribution in [3.8, 4) is 0 Å². The number of hydrogen-bond acceptors (Lipinski definition) is 4. The molecular formula is C9H14F3N3S. The summed E-state index contributed by atoms with van der Waals surface area (Å²) in [5, 5.41) is 0.380. The molecule has 92 valence electrons. The van der Waals surface area contributed by atoms with Crippen LogP contribution in [0.3, 0.4) is 0 Å². The van der Waals surface area contributed by atoms with Gasteiger partial charge in [0.15, 0.2) is 5.13 Å². The third-order valence-corrected chi connectivity index (χ3v) is 2.85.